The molecule has 3 rings (SSSR count). The van der Waals surface area contributed by atoms with Gasteiger partial charge in [0.2, 0.25) is 5.95 Å². The number of nitrogens with two attached hydrogens (primary N) is 1. The van der Waals surface area contributed by atoms with E-state index in [0.29, 0.717) is 5.95 Å². The smallest absolute Gasteiger partial charge is 0.207 e. The van der Waals surface area contributed by atoms with Gasteiger partial charge in [-0.05, 0) is 30.7 Å². The van der Waals surface area contributed by atoms with Crippen LogP contribution < -0.4 is 10.5 Å². The molecule has 6 nitrogen and oxygen atoms in total. The molecule has 6 heteroatoms. The summed E-state index contributed by atoms with van der Waals surface area (Å²) in [6.07, 6.45) is 1.93. The highest BCUT2D eigenvalue weighted by Crippen LogP contribution is 2.26. The van der Waals surface area contributed by atoms with Gasteiger partial charge < -0.3 is 10.5 Å². The van der Waals surface area contributed by atoms with Crippen LogP contribution in [0.3, 0.4) is 0 Å². The predicted octanol–water partition coefficient (Wildman–Crippen LogP) is 2.30. The van der Waals surface area contributed by atoms with Crippen LogP contribution in [0.15, 0.2) is 24.3 Å². The zero-order chi connectivity index (χ0) is 15.0. The first-order valence-electron chi connectivity index (χ1n) is 7.00. The molecule has 0 bridgehead atoms. The summed E-state index contributed by atoms with van der Waals surface area (Å²) in [7, 11) is 3.57. The van der Waals surface area contributed by atoms with Crippen molar-refractivity contribution in [2.75, 3.05) is 12.8 Å². The number of rotatable bonds is 4. The summed E-state index contributed by atoms with van der Waals surface area (Å²) >= 11 is 0. The molecule has 3 aromatic rings. The van der Waals surface area contributed by atoms with E-state index in [1.165, 1.54) is 0 Å². The van der Waals surface area contributed by atoms with E-state index in [2.05, 4.69) is 17.0 Å². The van der Waals surface area contributed by atoms with Gasteiger partial charge in [-0.1, -0.05) is 13.3 Å². The number of aromatic nitrogens is 4. The van der Waals surface area contributed by atoms with Crippen LogP contribution in [0.5, 0.6) is 5.75 Å². The Kier molecular flexibility index (Phi) is 3.29. The van der Waals surface area contributed by atoms with E-state index in [0.717, 1.165) is 41.1 Å². The summed E-state index contributed by atoms with van der Waals surface area (Å²) in [6, 6.07) is 7.74. The number of benzene rings is 1. The molecule has 0 atom stereocenters. The molecule has 0 fully saturated rings. The van der Waals surface area contributed by atoms with Gasteiger partial charge in [-0.25, -0.2) is 9.67 Å². The highest BCUT2D eigenvalue weighted by atomic mass is 16.5. The Morgan fingerprint density at radius 1 is 1.24 bits per heavy atom. The van der Waals surface area contributed by atoms with Gasteiger partial charge in [0.1, 0.15) is 11.3 Å². The fourth-order valence-corrected chi connectivity index (χ4v) is 2.59. The monoisotopic (exact) mass is 285 g/mol. The summed E-state index contributed by atoms with van der Waals surface area (Å²) in [5.74, 6) is 1.28. The Morgan fingerprint density at radius 3 is 2.57 bits per heavy atom. The zero-order valence-corrected chi connectivity index (χ0v) is 12.5. The molecule has 2 heterocycles. The Balaban J connectivity index is 2.19. The average Bonchev–Trinajstić information content (AvgIpc) is 2.97. The van der Waals surface area contributed by atoms with Gasteiger partial charge in [-0.2, -0.15) is 5.10 Å². The molecule has 0 unspecified atom stereocenters. The first-order valence-corrected chi connectivity index (χ1v) is 7.00. The molecule has 2 N–H and O–H groups in total. The van der Waals surface area contributed by atoms with E-state index in [-0.39, 0.29) is 0 Å². The van der Waals surface area contributed by atoms with Crippen molar-refractivity contribution < 1.29 is 4.74 Å². The predicted molar refractivity (Wildman–Crippen MR) is 82.8 cm³/mol. The Bertz CT molecular complexity index is 770. The maximum atomic E-state index is 6.11. The highest BCUT2D eigenvalue weighted by molar-refractivity contribution is 5.80. The minimum atomic E-state index is 0.473. The van der Waals surface area contributed by atoms with Crippen LogP contribution >= 0.6 is 0 Å². The molecule has 0 aliphatic heterocycles. The van der Waals surface area contributed by atoms with Crippen molar-refractivity contribution in [3.05, 3.63) is 30.0 Å². The number of nitrogen functional groups attached to an aromatic ring is 1. The average molecular weight is 285 g/mol. The second kappa shape index (κ2) is 5.12. The fraction of sp³-hybridized carbons (Fsp3) is 0.333. The molecule has 1 aromatic carbocycles. The van der Waals surface area contributed by atoms with Crippen molar-refractivity contribution in [2.45, 2.75) is 19.8 Å². The van der Waals surface area contributed by atoms with Crippen LogP contribution in [-0.4, -0.2) is 26.4 Å². The molecule has 2 aromatic heterocycles. The standard InChI is InChI=1S/C15H19N5O/c1-4-5-12-13-14(19(2)18-12)20(15(16)17-13)10-6-8-11(21-3)9-7-10/h6-9H,4-5H2,1-3H3,(H2,16,17). The van der Waals surface area contributed by atoms with E-state index < -0.39 is 0 Å². The van der Waals surface area contributed by atoms with Gasteiger partial charge in [0.15, 0.2) is 5.65 Å². The van der Waals surface area contributed by atoms with E-state index in [4.69, 9.17) is 10.5 Å². The van der Waals surface area contributed by atoms with Crippen LogP contribution in [0.1, 0.15) is 19.0 Å². The summed E-state index contributed by atoms with van der Waals surface area (Å²) in [5, 5.41) is 4.55. The van der Waals surface area contributed by atoms with Gasteiger partial charge in [-0.15, -0.1) is 0 Å². The molecule has 0 aliphatic carbocycles. The topological polar surface area (TPSA) is 70.9 Å². The number of methoxy groups -OCH3 is 1. The van der Waals surface area contributed by atoms with Gasteiger partial charge >= 0.3 is 0 Å². The Labute approximate surface area is 123 Å². The van der Waals surface area contributed by atoms with E-state index in [1.807, 2.05) is 40.6 Å². The van der Waals surface area contributed by atoms with E-state index >= 15 is 0 Å². The molecule has 110 valence electrons. The molecule has 0 saturated heterocycles. The number of imidazole rings is 1. The lowest BCUT2D eigenvalue weighted by molar-refractivity contribution is 0.415. The van der Waals surface area contributed by atoms with Gasteiger partial charge in [0, 0.05) is 7.05 Å². The van der Waals surface area contributed by atoms with Gasteiger partial charge in [0.05, 0.1) is 18.5 Å². The van der Waals surface area contributed by atoms with Crippen LogP contribution in [0, 0.1) is 0 Å². The van der Waals surface area contributed by atoms with Crippen LogP contribution in [0.2, 0.25) is 0 Å². The molecule has 21 heavy (non-hydrogen) atoms. The first-order chi connectivity index (χ1) is 10.2. The summed E-state index contributed by atoms with van der Waals surface area (Å²) in [4.78, 5) is 4.50. The van der Waals surface area contributed by atoms with Gasteiger partial charge in [0.25, 0.3) is 0 Å². The lowest BCUT2D eigenvalue weighted by atomic mass is 10.2. The number of aryl methyl sites for hydroxylation is 2. The molecule has 0 radical (unpaired) electrons. The number of nitrogens with zero attached hydrogens (tertiary/aromatic N) is 4. The molecule has 0 amide bonds. The fourth-order valence-electron chi connectivity index (χ4n) is 2.59. The van der Waals surface area contributed by atoms with Crippen molar-refractivity contribution in [1.29, 1.82) is 0 Å². The SMILES string of the molecule is CCCc1nn(C)c2c1nc(N)n2-c1ccc(OC)cc1. The highest BCUT2D eigenvalue weighted by Gasteiger charge is 2.18. The van der Waals surface area contributed by atoms with Crippen molar-refractivity contribution in [3.63, 3.8) is 0 Å². The lowest BCUT2D eigenvalue weighted by Crippen LogP contribution is -2.05. The van der Waals surface area contributed by atoms with E-state index in [9.17, 15) is 0 Å². The minimum absolute atomic E-state index is 0.473. The van der Waals surface area contributed by atoms with E-state index in [1.54, 1.807) is 7.11 Å². The van der Waals surface area contributed by atoms with Crippen LogP contribution in [0.25, 0.3) is 16.9 Å². The summed E-state index contributed by atoms with van der Waals surface area (Å²) < 4.78 is 8.95. The minimum Gasteiger partial charge on any atom is -0.497 e. The summed E-state index contributed by atoms with van der Waals surface area (Å²) in [5.41, 5.74) is 9.85. The van der Waals surface area contributed by atoms with Crippen molar-refractivity contribution in [2.24, 2.45) is 7.05 Å². The maximum absolute atomic E-state index is 6.11. The Hall–Kier alpha value is -2.50. The van der Waals surface area contributed by atoms with Crippen molar-refractivity contribution >= 4 is 17.1 Å². The normalized spacial score (nSPS) is 11.2. The quantitative estimate of drug-likeness (QED) is 0.798. The van der Waals surface area contributed by atoms with Crippen molar-refractivity contribution in [3.8, 4) is 11.4 Å². The second-order valence-electron chi connectivity index (χ2n) is 5.00. The van der Waals surface area contributed by atoms with Crippen molar-refractivity contribution in [1.82, 2.24) is 19.3 Å². The largest absolute Gasteiger partial charge is 0.497 e. The summed E-state index contributed by atoms with van der Waals surface area (Å²) in [6.45, 7) is 2.13. The van der Waals surface area contributed by atoms with Crippen LogP contribution in [-0.2, 0) is 13.5 Å². The molecular formula is C15H19N5O. The maximum Gasteiger partial charge on any atom is 0.207 e. The lowest BCUT2D eigenvalue weighted by Gasteiger charge is -2.07. The Morgan fingerprint density at radius 2 is 1.95 bits per heavy atom. The third kappa shape index (κ3) is 2.12. The number of hydrogen-bond donors (Lipinski definition) is 1. The first kappa shape index (κ1) is 13.5. The molecule has 0 saturated carbocycles. The molecule has 0 aliphatic rings. The second-order valence-corrected chi connectivity index (χ2v) is 5.00. The number of ether oxygens (including phenoxy) is 1. The third-order valence-corrected chi connectivity index (χ3v) is 3.55. The number of hydrogen-bond acceptors (Lipinski definition) is 4. The number of anilines is 1. The number of fused-ring (bicyclic) bond motifs is 1. The zero-order valence-electron chi connectivity index (χ0n) is 12.5. The van der Waals surface area contributed by atoms with Crippen LogP contribution in [0.4, 0.5) is 5.95 Å². The van der Waals surface area contributed by atoms with Gasteiger partial charge in [-0.3, -0.25) is 4.57 Å². The molecular weight excluding hydrogens is 266 g/mol. The molecule has 0 spiro atoms. The third-order valence-electron chi connectivity index (χ3n) is 3.55.